The summed E-state index contributed by atoms with van der Waals surface area (Å²) in [5.41, 5.74) is 1.77. The third-order valence-corrected chi connectivity index (χ3v) is 4.97. The molecule has 0 heterocycles. The lowest BCUT2D eigenvalue weighted by Crippen LogP contribution is -2.44. The summed E-state index contributed by atoms with van der Waals surface area (Å²) in [4.78, 5) is 12.0. The molecule has 3 rings (SSSR count). The number of carbonyl (C=O) groups is 1. The highest BCUT2D eigenvalue weighted by molar-refractivity contribution is 5.82. The summed E-state index contributed by atoms with van der Waals surface area (Å²) in [6.45, 7) is 1.20. The zero-order valence-electron chi connectivity index (χ0n) is 11.7. The number of carboxylic acids is 1. The summed E-state index contributed by atoms with van der Waals surface area (Å²) in [7, 11) is 0. The molecule has 0 saturated heterocycles. The fraction of sp³-hybridized carbons (Fsp3) is 0.667. The minimum atomic E-state index is -1.18. The predicted molar refractivity (Wildman–Crippen MR) is 73.0 cm³/mol. The van der Waals surface area contributed by atoms with E-state index in [9.17, 15) is 25.2 Å². The van der Waals surface area contributed by atoms with Crippen LogP contribution in [0.5, 0.6) is 0 Å². The molecule has 0 saturated carbocycles. The zero-order valence-corrected chi connectivity index (χ0v) is 11.7. The van der Waals surface area contributed by atoms with Crippen LogP contribution in [0.4, 0.5) is 0 Å². The fourth-order valence-electron chi connectivity index (χ4n) is 4.10. The van der Waals surface area contributed by atoms with E-state index in [2.05, 4.69) is 0 Å². The van der Waals surface area contributed by atoms with Crippen molar-refractivity contribution in [2.45, 2.75) is 32.6 Å². The van der Waals surface area contributed by atoms with Gasteiger partial charge in [0.15, 0.2) is 0 Å². The van der Waals surface area contributed by atoms with E-state index in [4.69, 9.17) is 0 Å². The molecule has 0 aromatic heterocycles. The van der Waals surface area contributed by atoms with Gasteiger partial charge in [0.1, 0.15) is 0 Å². The Bertz CT molecular complexity index is 477. The Balaban J connectivity index is 2.72. The number of hydrogen-bond donors (Lipinski definition) is 4. The summed E-state index contributed by atoms with van der Waals surface area (Å²) < 4.78 is 0. The minimum absolute atomic E-state index is 0.0858. The number of allylic oxidation sites excluding steroid dienone is 1. The van der Waals surface area contributed by atoms with Gasteiger partial charge in [-0.1, -0.05) is 5.57 Å². The van der Waals surface area contributed by atoms with E-state index in [1.165, 1.54) is 0 Å². The van der Waals surface area contributed by atoms with E-state index in [1.807, 2.05) is 6.92 Å². The molecule has 0 aromatic rings. The van der Waals surface area contributed by atoms with Crippen LogP contribution in [0.1, 0.15) is 32.6 Å². The van der Waals surface area contributed by atoms with Crippen LogP contribution in [0.15, 0.2) is 22.3 Å². The van der Waals surface area contributed by atoms with E-state index in [0.29, 0.717) is 30.4 Å². The van der Waals surface area contributed by atoms with Gasteiger partial charge < -0.3 is 20.4 Å². The molecule has 0 radical (unpaired) electrons. The minimum Gasteiger partial charge on any atom is -0.481 e. The molecule has 2 unspecified atom stereocenters. The van der Waals surface area contributed by atoms with Gasteiger partial charge in [-0.15, -0.1) is 0 Å². The standard InChI is InChI=1S/C15H22O5/c1-9-10-3-2-5-15(14(19)20,12(9)4-6-16)13(8-18)11(10)7-17/h12,16-18H,2-8H2,1H3,(H,19,20). The third-order valence-electron chi connectivity index (χ3n) is 4.97. The molecule has 3 aliphatic carbocycles. The normalized spacial score (nSPS) is 29.9. The Morgan fingerprint density at radius 3 is 2.50 bits per heavy atom. The highest BCUT2D eigenvalue weighted by atomic mass is 16.4. The number of aliphatic carboxylic acids is 1. The molecule has 5 nitrogen and oxygen atoms in total. The van der Waals surface area contributed by atoms with E-state index >= 15 is 0 Å². The summed E-state index contributed by atoms with van der Waals surface area (Å²) in [5, 5.41) is 38.5. The topological polar surface area (TPSA) is 98.0 Å². The number of fused-ring (bicyclic) bond motifs is 3. The molecule has 2 bridgehead atoms. The van der Waals surface area contributed by atoms with Crippen molar-refractivity contribution in [1.29, 1.82) is 0 Å². The van der Waals surface area contributed by atoms with Crippen molar-refractivity contribution >= 4 is 5.97 Å². The first-order chi connectivity index (χ1) is 9.54. The van der Waals surface area contributed by atoms with Gasteiger partial charge in [0, 0.05) is 12.5 Å². The van der Waals surface area contributed by atoms with Crippen LogP contribution in [0, 0.1) is 11.3 Å². The number of aliphatic hydroxyl groups excluding tert-OH is 3. The molecule has 0 spiro atoms. The van der Waals surface area contributed by atoms with Gasteiger partial charge in [-0.3, -0.25) is 4.79 Å². The molecule has 20 heavy (non-hydrogen) atoms. The van der Waals surface area contributed by atoms with E-state index in [-0.39, 0.29) is 25.7 Å². The maximum atomic E-state index is 12.0. The predicted octanol–water partition coefficient (Wildman–Crippen LogP) is 0.851. The Morgan fingerprint density at radius 2 is 2.00 bits per heavy atom. The first-order valence-corrected chi connectivity index (χ1v) is 7.03. The van der Waals surface area contributed by atoms with Gasteiger partial charge >= 0.3 is 5.97 Å². The second-order valence-electron chi connectivity index (χ2n) is 5.63. The molecule has 3 aliphatic rings. The van der Waals surface area contributed by atoms with Gasteiger partial charge in [0.2, 0.25) is 0 Å². The smallest absolute Gasteiger partial charge is 0.314 e. The number of rotatable bonds is 5. The van der Waals surface area contributed by atoms with Crippen LogP contribution < -0.4 is 0 Å². The largest absolute Gasteiger partial charge is 0.481 e. The van der Waals surface area contributed by atoms with Crippen LogP contribution in [-0.2, 0) is 4.79 Å². The van der Waals surface area contributed by atoms with Crippen LogP contribution in [0.3, 0.4) is 0 Å². The number of aliphatic hydroxyl groups is 3. The summed E-state index contributed by atoms with van der Waals surface area (Å²) >= 11 is 0. The van der Waals surface area contributed by atoms with Gasteiger partial charge in [0.05, 0.1) is 18.6 Å². The van der Waals surface area contributed by atoms with E-state index < -0.39 is 11.4 Å². The summed E-state index contributed by atoms with van der Waals surface area (Å²) in [6.07, 6.45) is 2.24. The molecule has 0 aromatic carbocycles. The Labute approximate surface area is 118 Å². The quantitative estimate of drug-likeness (QED) is 0.599. The zero-order chi connectivity index (χ0) is 14.9. The first kappa shape index (κ1) is 15.2. The summed E-state index contributed by atoms with van der Waals surface area (Å²) in [6, 6.07) is 0. The molecule has 0 aliphatic heterocycles. The lowest BCUT2D eigenvalue weighted by atomic mass is 9.60. The lowest BCUT2D eigenvalue weighted by Gasteiger charge is -2.42. The Morgan fingerprint density at radius 1 is 1.30 bits per heavy atom. The molecule has 0 fully saturated rings. The van der Waals surface area contributed by atoms with Gasteiger partial charge in [0.25, 0.3) is 0 Å². The molecule has 112 valence electrons. The molecule has 4 N–H and O–H groups in total. The third kappa shape index (κ3) is 1.92. The number of hydrogen-bond acceptors (Lipinski definition) is 4. The Kier molecular flexibility index (Phi) is 4.32. The molecule has 2 atom stereocenters. The molecule has 5 heteroatoms. The van der Waals surface area contributed by atoms with Crippen molar-refractivity contribution in [1.82, 2.24) is 0 Å². The van der Waals surface area contributed by atoms with Gasteiger partial charge in [-0.2, -0.15) is 0 Å². The maximum absolute atomic E-state index is 12.0. The second kappa shape index (κ2) is 5.68. The highest BCUT2D eigenvalue weighted by Gasteiger charge is 2.53. The van der Waals surface area contributed by atoms with Crippen molar-refractivity contribution in [3.63, 3.8) is 0 Å². The highest BCUT2D eigenvalue weighted by Crippen LogP contribution is 2.55. The summed E-state index contributed by atoms with van der Waals surface area (Å²) in [5.74, 6) is -1.27. The van der Waals surface area contributed by atoms with Crippen molar-refractivity contribution in [3.05, 3.63) is 22.3 Å². The Hall–Kier alpha value is -1.17. The average molecular weight is 282 g/mol. The molecular formula is C15H22O5. The van der Waals surface area contributed by atoms with Crippen molar-refractivity contribution in [2.24, 2.45) is 11.3 Å². The van der Waals surface area contributed by atoms with Gasteiger partial charge in [-0.25, -0.2) is 0 Å². The average Bonchev–Trinajstić information content (AvgIpc) is 2.68. The first-order valence-electron chi connectivity index (χ1n) is 7.03. The van der Waals surface area contributed by atoms with Crippen LogP contribution in [0.25, 0.3) is 0 Å². The van der Waals surface area contributed by atoms with Crippen molar-refractivity contribution in [3.8, 4) is 0 Å². The van der Waals surface area contributed by atoms with E-state index in [0.717, 1.165) is 17.6 Å². The molecule has 0 amide bonds. The SMILES string of the molecule is CC1=C2CCCC(C(=O)O)(C(CO)=C2CO)C1CCO. The number of carboxylic acid groups (broad SMARTS) is 1. The van der Waals surface area contributed by atoms with Crippen molar-refractivity contribution < 1.29 is 25.2 Å². The van der Waals surface area contributed by atoms with Crippen molar-refractivity contribution in [2.75, 3.05) is 19.8 Å². The maximum Gasteiger partial charge on any atom is 0.314 e. The van der Waals surface area contributed by atoms with Gasteiger partial charge in [-0.05, 0) is 49.3 Å². The lowest BCUT2D eigenvalue weighted by molar-refractivity contribution is -0.150. The van der Waals surface area contributed by atoms with Crippen LogP contribution in [-0.4, -0.2) is 46.2 Å². The molecular weight excluding hydrogens is 260 g/mol. The van der Waals surface area contributed by atoms with E-state index in [1.54, 1.807) is 0 Å². The second-order valence-corrected chi connectivity index (χ2v) is 5.63. The fourth-order valence-corrected chi connectivity index (χ4v) is 4.10. The monoisotopic (exact) mass is 282 g/mol. The van der Waals surface area contributed by atoms with Crippen LogP contribution >= 0.6 is 0 Å². The van der Waals surface area contributed by atoms with Crippen LogP contribution in [0.2, 0.25) is 0 Å².